The molecule has 1 rings (SSSR count). The van der Waals surface area contributed by atoms with Gasteiger partial charge in [0.2, 0.25) is 0 Å². The lowest BCUT2D eigenvalue weighted by Gasteiger charge is -2.20. The predicted molar refractivity (Wildman–Crippen MR) is 21.8 cm³/mol. The van der Waals surface area contributed by atoms with Crippen LogP contribution in [0.15, 0.2) is 0 Å². The van der Waals surface area contributed by atoms with Gasteiger partial charge in [-0.1, -0.05) is 0 Å². The Morgan fingerprint density at radius 2 is 2.17 bits per heavy atom. The highest BCUT2D eigenvalue weighted by molar-refractivity contribution is 4.67. The van der Waals surface area contributed by atoms with Gasteiger partial charge in [0.1, 0.15) is 0 Å². The SMILES string of the molecule is [NH]OC1CCC1. The van der Waals surface area contributed by atoms with E-state index in [0.717, 1.165) is 12.8 Å². The molecule has 6 heavy (non-hydrogen) atoms. The first kappa shape index (κ1) is 4.09. The molecule has 1 N–H and O–H groups in total. The molecule has 2 nitrogen and oxygen atoms in total. The summed E-state index contributed by atoms with van der Waals surface area (Å²) in [6.07, 6.45) is 3.74. The van der Waals surface area contributed by atoms with Gasteiger partial charge >= 0.3 is 0 Å². The molecule has 0 heterocycles. The lowest BCUT2D eigenvalue weighted by Crippen LogP contribution is -2.20. The van der Waals surface area contributed by atoms with Gasteiger partial charge in [-0.25, -0.2) is 0 Å². The molecule has 0 aromatic heterocycles. The van der Waals surface area contributed by atoms with E-state index in [1.807, 2.05) is 0 Å². The third-order valence-corrected chi connectivity index (χ3v) is 1.22. The minimum atomic E-state index is 0.282. The summed E-state index contributed by atoms with van der Waals surface area (Å²) < 4.78 is 0. The topological polar surface area (TPSA) is 33.0 Å². The Morgan fingerprint density at radius 3 is 2.17 bits per heavy atom. The van der Waals surface area contributed by atoms with Crippen molar-refractivity contribution in [1.82, 2.24) is 5.90 Å². The van der Waals surface area contributed by atoms with Crippen LogP contribution < -0.4 is 5.90 Å². The summed E-state index contributed by atoms with van der Waals surface area (Å²) in [5, 5.41) is 0. The molecule has 1 aliphatic rings. The lowest BCUT2D eigenvalue weighted by molar-refractivity contribution is -0.0121. The quantitative estimate of drug-likeness (QED) is 0.433. The molecule has 0 spiro atoms. The minimum Gasteiger partial charge on any atom is -0.282 e. The minimum absolute atomic E-state index is 0.282. The molecule has 35 valence electrons. The molecule has 1 fully saturated rings. The van der Waals surface area contributed by atoms with Crippen molar-refractivity contribution < 1.29 is 4.84 Å². The first-order valence-corrected chi connectivity index (χ1v) is 2.26. The van der Waals surface area contributed by atoms with E-state index >= 15 is 0 Å². The molecule has 0 saturated heterocycles. The summed E-state index contributed by atoms with van der Waals surface area (Å²) >= 11 is 0. The third kappa shape index (κ3) is 0.533. The van der Waals surface area contributed by atoms with Crippen LogP contribution in [0.1, 0.15) is 19.3 Å². The van der Waals surface area contributed by atoms with Gasteiger partial charge in [0.05, 0.1) is 6.10 Å². The molecule has 0 aliphatic heterocycles. The molecule has 0 aromatic rings. The highest BCUT2D eigenvalue weighted by Gasteiger charge is 2.16. The fourth-order valence-corrected chi connectivity index (χ4v) is 0.489. The fraction of sp³-hybridized carbons (Fsp3) is 1.00. The van der Waals surface area contributed by atoms with Crippen LogP contribution in [0.5, 0.6) is 0 Å². The molecule has 0 atom stereocenters. The maximum absolute atomic E-state index is 6.36. The summed E-state index contributed by atoms with van der Waals surface area (Å²) in [4.78, 5) is 4.24. The van der Waals surface area contributed by atoms with Gasteiger partial charge in [-0.15, -0.1) is 5.90 Å². The van der Waals surface area contributed by atoms with Crippen LogP contribution in [0.4, 0.5) is 0 Å². The van der Waals surface area contributed by atoms with Gasteiger partial charge in [0.15, 0.2) is 0 Å². The third-order valence-electron chi connectivity index (χ3n) is 1.22. The van der Waals surface area contributed by atoms with E-state index in [2.05, 4.69) is 4.84 Å². The van der Waals surface area contributed by atoms with Crippen LogP contribution in [0.25, 0.3) is 0 Å². The van der Waals surface area contributed by atoms with Crippen LogP contribution in [0, 0.1) is 0 Å². The van der Waals surface area contributed by atoms with Crippen LogP contribution >= 0.6 is 0 Å². The Hall–Kier alpha value is -0.0800. The van der Waals surface area contributed by atoms with Crippen molar-refractivity contribution in [3.8, 4) is 0 Å². The first-order valence-electron chi connectivity index (χ1n) is 2.26. The second kappa shape index (κ2) is 1.58. The molecule has 1 radical (unpaired) electrons. The van der Waals surface area contributed by atoms with Crippen molar-refractivity contribution in [2.45, 2.75) is 25.4 Å². The van der Waals surface area contributed by atoms with E-state index in [1.165, 1.54) is 6.42 Å². The Kier molecular flexibility index (Phi) is 1.08. The second-order valence-electron chi connectivity index (χ2n) is 1.67. The largest absolute Gasteiger partial charge is 0.282 e. The average molecular weight is 86.1 g/mol. The number of hydrogen-bond donors (Lipinski definition) is 0. The smallest absolute Gasteiger partial charge is 0.0807 e. The van der Waals surface area contributed by atoms with Crippen molar-refractivity contribution in [2.24, 2.45) is 0 Å². The maximum atomic E-state index is 6.36. The van der Waals surface area contributed by atoms with E-state index in [1.54, 1.807) is 0 Å². The molecule has 2 heteroatoms. The summed E-state index contributed by atoms with van der Waals surface area (Å²) in [7, 11) is 0. The van der Waals surface area contributed by atoms with Crippen molar-refractivity contribution in [2.75, 3.05) is 0 Å². The van der Waals surface area contributed by atoms with E-state index in [-0.39, 0.29) is 6.10 Å². The monoisotopic (exact) mass is 86.1 g/mol. The Balaban J connectivity index is 2.01. The van der Waals surface area contributed by atoms with Crippen LogP contribution in [0.3, 0.4) is 0 Å². The van der Waals surface area contributed by atoms with Gasteiger partial charge < -0.3 is 0 Å². The Labute approximate surface area is 37.2 Å². The number of nitrogens with one attached hydrogen (secondary N) is 1. The van der Waals surface area contributed by atoms with Gasteiger partial charge in [-0.3, -0.25) is 4.84 Å². The lowest BCUT2D eigenvalue weighted by atomic mass is 9.97. The molecule has 0 bridgehead atoms. The zero-order chi connectivity index (χ0) is 4.41. The summed E-state index contributed by atoms with van der Waals surface area (Å²) in [6.45, 7) is 0. The number of rotatable bonds is 1. The van der Waals surface area contributed by atoms with Crippen LogP contribution in [-0.4, -0.2) is 6.10 Å². The van der Waals surface area contributed by atoms with Crippen LogP contribution in [0.2, 0.25) is 0 Å². The fourth-order valence-electron chi connectivity index (χ4n) is 0.489. The first-order chi connectivity index (χ1) is 2.93. The molecule has 0 aromatic carbocycles. The molecule has 0 amide bonds. The zero-order valence-corrected chi connectivity index (χ0v) is 3.61. The molecule has 1 saturated carbocycles. The summed E-state index contributed by atoms with van der Waals surface area (Å²) in [5.41, 5.74) is 0. The van der Waals surface area contributed by atoms with E-state index in [4.69, 9.17) is 5.90 Å². The van der Waals surface area contributed by atoms with E-state index in [0.29, 0.717) is 0 Å². The molecule has 1 aliphatic carbocycles. The second-order valence-corrected chi connectivity index (χ2v) is 1.67. The molecule has 0 unspecified atom stereocenters. The molecular weight excluding hydrogens is 78.0 g/mol. The van der Waals surface area contributed by atoms with Crippen molar-refractivity contribution in [1.29, 1.82) is 0 Å². The zero-order valence-electron chi connectivity index (χ0n) is 3.61. The standard InChI is InChI=1S/C4H8NO/c5-6-4-2-1-3-4/h4-5H,1-3H2. The summed E-state index contributed by atoms with van der Waals surface area (Å²) in [5.74, 6) is 6.36. The predicted octanol–water partition coefficient (Wildman–Crippen LogP) is 0.753. The van der Waals surface area contributed by atoms with Crippen molar-refractivity contribution in [3.63, 3.8) is 0 Å². The maximum Gasteiger partial charge on any atom is 0.0807 e. The molecular formula is C4H8NO. The Bertz CT molecular complexity index is 40.1. The Morgan fingerprint density at radius 1 is 1.50 bits per heavy atom. The highest BCUT2D eigenvalue weighted by Crippen LogP contribution is 2.19. The van der Waals surface area contributed by atoms with Gasteiger partial charge in [-0.2, -0.15) is 0 Å². The van der Waals surface area contributed by atoms with Gasteiger partial charge in [-0.05, 0) is 19.3 Å². The van der Waals surface area contributed by atoms with Gasteiger partial charge in [0, 0.05) is 0 Å². The highest BCUT2D eigenvalue weighted by atomic mass is 16.6. The van der Waals surface area contributed by atoms with E-state index < -0.39 is 0 Å². The summed E-state index contributed by atoms with van der Waals surface area (Å²) in [6, 6.07) is 0. The van der Waals surface area contributed by atoms with Gasteiger partial charge in [0.25, 0.3) is 0 Å². The average Bonchev–Trinajstić information content (AvgIpc) is 1.31. The van der Waals surface area contributed by atoms with Crippen molar-refractivity contribution in [3.05, 3.63) is 0 Å². The van der Waals surface area contributed by atoms with E-state index in [9.17, 15) is 0 Å². The number of hydrogen-bond acceptors (Lipinski definition) is 1. The van der Waals surface area contributed by atoms with Crippen LogP contribution in [-0.2, 0) is 4.84 Å². The normalized spacial score (nSPS) is 23.5. The van der Waals surface area contributed by atoms with Crippen molar-refractivity contribution >= 4 is 0 Å².